The van der Waals surface area contributed by atoms with E-state index in [0.717, 1.165) is 37.0 Å². The number of amides is 1. The van der Waals surface area contributed by atoms with E-state index in [1.54, 1.807) is 11.0 Å². The largest absolute Gasteiger partial charge is 0.544 e. The minimum absolute atomic E-state index is 0.0309. The zero-order valence-electron chi connectivity index (χ0n) is 20.3. The molecule has 2 heterocycles. The van der Waals surface area contributed by atoms with Crippen molar-refractivity contribution in [3.05, 3.63) is 15.8 Å². The quantitative estimate of drug-likeness (QED) is 0.437. The molecule has 1 aromatic heterocycles. The molecule has 1 amide bonds. The molecule has 1 aliphatic carbocycles. The van der Waals surface area contributed by atoms with E-state index in [2.05, 4.69) is 18.8 Å². The summed E-state index contributed by atoms with van der Waals surface area (Å²) in [6, 6.07) is 1.51. The van der Waals surface area contributed by atoms with E-state index in [9.17, 15) is 19.3 Å². The van der Waals surface area contributed by atoms with Crippen LogP contribution >= 0.6 is 18.7 Å². The van der Waals surface area contributed by atoms with Gasteiger partial charge in [-0.3, -0.25) is 9.36 Å². The topological polar surface area (TPSA) is 86.7 Å². The van der Waals surface area contributed by atoms with Gasteiger partial charge >= 0.3 is 0 Å². The highest BCUT2D eigenvalue weighted by atomic mass is 32.1. The van der Waals surface area contributed by atoms with Crippen molar-refractivity contribution in [3.8, 4) is 11.8 Å². The van der Waals surface area contributed by atoms with Crippen molar-refractivity contribution >= 4 is 36.3 Å². The number of rotatable bonds is 5. The number of carbonyl (C=O) groups is 2. The molecule has 0 bridgehead atoms. The Bertz CT molecular complexity index is 979. The highest BCUT2D eigenvalue weighted by Crippen LogP contribution is 2.52. The zero-order chi connectivity index (χ0) is 24.4. The second kappa shape index (κ2) is 10.3. The lowest BCUT2D eigenvalue weighted by Crippen LogP contribution is -2.47. The first-order chi connectivity index (χ1) is 15.4. The van der Waals surface area contributed by atoms with Crippen molar-refractivity contribution in [2.45, 2.75) is 72.3 Å². The van der Waals surface area contributed by atoms with Gasteiger partial charge in [-0.05, 0) is 71.3 Å². The van der Waals surface area contributed by atoms with Gasteiger partial charge in [-0.15, -0.1) is 11.3 Å². The number of nitrogens with zero attached hydrogens (tertiary/aromatic N) is 1. The summed E-state index contributed by atoms with van der Waals surface area (Å²) >= 11 is 1.06. The Morgan fingerprint density at radius 3 is 2.27 bits per heavy atom. The molecule has 1 saturated heterocycles. The van der Waals surface area contributed by atoms with Gasteiger partial charge in [0, 0.05) is 36.8 Å². The summed E-state index contributed by atoms with van der Waals surface area (Å²) in [4.78, 5) is 28.2. The summed E-state index contributed by atoms with van der Waals surface area (Å²) in [7, 11) is -1.20. The summed E-state index contributed by atoms with van der Waals surface area (Å²) in [5.41, 5.74) is 0.145. The molecule has 33 heavy (non-hydrogen) atoms. The molecule has 182 valence electrons. The van der Waals surface area contributed by atoms with E-state index >= 15 is 0 Å². The number of aromatic carboxylic acids is 1. The Hall–Kier alpha value is -1.61. The van der Waals surface area contributed by atoms with Crippen molar-refractivity contribution < 1.29 is 23.8 Å². The van der Waals surface area contributed by atoms with Crippen LogP contribution in [-0.4, -0.2) is 37.4 Å². The number of anilines is 1. The smallest absolute Gasteiger partial charge is 0.230 e. The second-order valence-corrected chi connectivity index (χ2v) is 14.4. The molecule has 3 rings (SSSR count). The van der Waals surface area contributed by atoms with Crippen molar-refractivity contribution in [2.24, 2.45) is 17.3 Å². The molecule has 0 radical (unpaired) electrons. The van der Waals surface area contributed by atoms with Crippen molar-refractivity contribution in [1.29, 1.82) is 0 Å². The van der Waals surface area contributed by atoms with Crippen LogP contribution in [0.2, 0.25) is 0 Å². The Morgan fingerprint density at radius 1 is 1.15 bits per heavy atom. The van der Waals surface area contributed by atoms with Gasteiger partial charge in [0.2, 0.25) is 13.3 Å². The molecule has 0 aromatic carbocycles. The minimum atomic E-state index is -2.68. The van der Waals surface area contributed by atoms with Gasteiger partial charge in [-0.1, -0.05) is 18.8 Å². The first kappa shape index (κ1) is 26.0. The number of hydrogen-bond donors (Lipinski definition) is 0. The maximum atomic E-state index is 13.8. The van der Waals surface area contributed by atoms with Crippen LogP contribution in [0.3, 0.4) is 0 Å². The maximum absolute atomic E-state index is 13.8. The van der Waals surface area contributed by atoms with Gasteiger partial charge in [-0.25, -0.2) is 0 Å². The van der Waals surface area contributed by atoms with E-state index in [4.69, 9.17) is 4.52 Å². The number of carboxylic acids is 1. The molecule has 2 fully saturated rings. The monoisotopic (exact) mass is 492 g/mol. The molecule has 6 nitrogen and oxygen atoms in total. The lowest BCUT2D eigenvalue weighted by atomic mass is 9.82. The van der Waals surface area contributed by atoms with Gasteiger partial charge < -0.3 is 19.3 Å². The van der Waals surface area contributed by atoms with Crippen LogP contribution in [0.5, 0.6) is 0 Å². The number of carboxylic acid groups (broad SMARTS) is 1. The van der Waals surface area contributed by atoms with Crippen LogP contribution in [0.25, 0.3) is 0 Å². The Morgan fingerprint density at radius 2 is 1.76 bits per heavy atom. The minimum Gasteiger partial charge on any atom is -0.544 e. The molecule has 0 N–H and O–H groups in total. The third-order valence-corrected chi connectivity index (χ3v) is 10.2. The van der Waals surface area contributed by atoms with E-state index in [1.165, 1.54) is 7.11 Å². The molecule has 0 unspecified atom stereocenters. The average molecular weight is 493 g/mol. The van der Waals surface area contributed by atoms with Crippen LogP contribution < -0.4 is 10.0 Å². The van der Waals surface area contributed by atoms with E-state index < -0.39 is 13.3 Å². The predicted octanol–water partition coefficient (Wildman–Crippen LogP) is 4.76. The van der Waals surface area contributed by atoms with Crippen LogP contribution in [0.1, 0.15) is 80.8 Å². The lowest BCUT2D eigenvalue weighted by Gasteiger charge is -2.39. The average Bonchev–Trinajstić information content (AvgIpc) is 3.18. The maximum Gasteiger partial charge on any atom is 0.230 e. The third kappa shape index (κ3) is 6.50. The van der Waals surface area contributed by atoms with Gasteiger partial charge in [0.1, 0.15) is 0 Å². The molecule has 0 atom stereocenters. The standard InChI is InChI=1S/C25H36NO5PS/c1-17-6-8-18(9-7-17)23(27)26(19-11-14-32(30,31-5)15-12-19)21-16-20(10-13-25(2,3)4)33-22(21)24(28)29/h16-19H,6-9,11-12,14-15H2,1-5H3,(H,28,29)/p-1. The van der Waals surface area contributed by atoms with Crippen LogP contribution in [0.15, 0.2) is 6.07 Å². The van der Waals surface area contributed by atoms with E-state index in [-0.39, 0.29) is 28.2 Å². The molecular weight excluding hydrogens is 457 g/mol. The lowest BCUT2D eigenvalue weighted by molar-refractivity contribution is -0.254. The first-order valence-corrected chi connectivity index (χ1v) is 14.6. The molecule has 2 aliphatic rings. The fourth-order valence-electron chi connectivity index (χ4n) is 4.60. The van der Waals surface area contributed by atoms with E-state index in [1.807, 2.05) is 20.8 Å². The van der Waals surface area contributed by atoms with Gasteiger partial charge in [0.15, 0.2) is 0 Å². The first-order valence-electron chi connectivity index (χ1n) is 11.8. The summed E-state index contributed by atoms with van der Waals surface area (Å²) in [6.45, 7) is 8.17. The van der Waals surface area contributed by atoms with Gasteiger partial charge in [0.05, 0.1) is 21.4 Å². The Kier molecular flexibility index (Phi) is 8.15. The summed E-state index contributed by atoms with van der Waals surface area (Å²) in [6.07, 6.45) is 5.42. The summed E-state index contributed by atoms with van der Waals surface area (Å²) in [5.74, 6) is 5.36. The molecular formula is C25H35NO5PS-. The summed E-state index contributed by atoms with van der Waals surface area (Å²) < 4.78 is 18.0. The molecule has 1 saturated carbocycles. The number of hydrogen-bond acceptors (Lipinski definition) is 6. The molecule has 1 aliphatic heterocycles. The van der Waals surface area contributed by atoms with Crippen molar-refractivity contribution in [3.63, 3.8) is 0 Å². The van der Waals surface area contributed by atoms with Crippen LogP contribution in [0, 0.1) is 29.1 Å². The van der Waals surface area contributed by atoms with Crippen LogP contribution in [0.4, 0.5) is 5.69 Å². The van der Waals surface area contributed by atoms with Crippen molar-refractivity contribution in [1.82, 2.24) is 0 Å². The zero-order valence-corrected chi connectivity index (χ0v) is 22.0. The normalized spacial score (nSPS) is 28.0. The second-order valence-electron chi connectivity index (χ2n) is 10.5. The Labute approximate surface area is 201 Å². The van der Waals surface area contributed by atoms with Crippen molar-refractivity contribution in [2.75, 3.05) is 24.3 Å². The Balaban J connectivity index is 2.00. The highest BCUT2D eigenvalue weighted by Gasteiger charge is 2.39. The number of thiophene rings is 1. The fourth-order valence-corrected chi connectivity index (χ4v) is 7.41. The fraction of sp³-hybridized carbons (Fsp3) is 0.680. The van der Waals surface area contributed by atoms with Gasteiger partial charge in [0.25, 0.3) is 0 Å². The SMILES string of the molecule is COP1(=O)CCC(N(C(=O)C2CCC(C)CC2)c2cc(C#CC(C)(C)C)sc2C(=O)[O-])CC1. The molecule has 1 aromatic rings. The number of carbonyl (C=O) groups excluding carboxylic acids is 2. The van der Waals surface area contributed by atoms with E-state index in [0.29, 0.717) is 41.6 Å². The molecule has 0 spiro atoms. The third-order valence-electron chi connectivity index (χ3n) is 6.62. The highest BCUT2D eigenvalue weighted by molar-refractivity contribution is 7.59. The predicted molar refractivity (Wildman–Crippen MR) is 131 cm³/mol. The molecule has 8 heteroatoms. The van der Waals surface area contributed by atoms with Crippen LogP contribution in [-0.2, 0) is 13.9 Å². The summed E-state index contributed by atoms with van der Waals surface area (Å²) in [5, 5.41) is 12.1. The van der Waals surface area contributed by atoms with Gasteiger partial charge in [-0.2, -0.15) is 0 Å².